The third kappa shape index (κ3) is 3.87. The van der Waals surface area contributed by atoms with Gasteiger partial charge in [-0.2, -0.15) is 0 Å². The molecule has 0 unspecified atom stereocenters. The van der Waals surface area contributed by atoms with Gasteiger partial charge in [-0.05, 0) is 42.7 Å². The van der Waals surface area contributed by atoms with E-state index in [1.165, 1.54) is 23.3 Å². The summed E-state index contributed by atoms with van der Waals surface area (Å²) in [7, 11) is 0. The molecule has 0 fully saturated rings. The third-order valence-electron chi connectivity index (χ3n) is 3.51. The zero-order chi connectivity index (χ0) is 16.2. The number of benzene rings is 2. The first-order chi connectivity index (χ1) is 11.1. The van der Waals surface area contributed by atoms with Crippen molar-refractivity contribution < 1.29 is 8.81 Å². The lowest BCUT2D eigenvalue weighted by Crippen LogP contribution is -1.94. The molecule has 4 nitrogen and oxygen atoms in total. The second-order valence-corrected chi connectivity index (χ2v) is 5.59. The minimum Gasteiger partial charge on any atom is -0.408 e. The molecule has 0 aliphatic rings. The Labute approximate surface area is 138 Å². The Morgan fingerprint density at radius 2 is 1.96 bits per heavy atom. The van der Waals surface area contributed by atoms with Crippen LogP contribution < -0.4 is 5.32 Å². The molecular formula is C17H15ClFN3O. The summed E-state index contributed by atoms with van der Waals surface area (Å²) in [6.45, 7) is 2.08. The highest BCUT2D eigenvalue weighted by molar-refractivity contribution is 6.31. The van der Waals surface area contributed by atoms with Gasteiger partial charge in [-0.25, -0.2) is 4.39 Å². The van der Waals surface area contributed by atoms with E-state index in [2.05, 4.69) is 34.6 Å². The summed E-state index contributed by atoms with van der Waals surface area (Å²) in [5.41, 5.74) is 3.09. The summed E-state index contributed by atoms with van der Waals surface area (Å²) in [4.78, 5) is 0. The average Bonchev–Trinajstić information content (AvgIpc) is 2.98. The molecule has 6 heteroatoms. The van der Waals surface area contributed by atoms with Gasteiger partial charge in [0.05, 0.1) is 5.02 Å². The van der Waals surface area contributed by atoms with Crippen LogP contribution in [0.1, 0.15) is 17.0 Å². The van der Waals surface area contributed by atoms with Crippen LogP contribution in [-0.4, -0.2) is 10.2 Å². The molecule has 1 N–H and O–H groups in total. The Morgan fingerprint density at radius 1 is 1.13 bits per heavy atom. The Bertz CT molecular complexity index is 819. The highest BCUT2D eigenvalue weighted by Crippen LogP contribution is 2.22. The Morgan fingerprint density at radius 3 is 2.74 bits per heavy atom. The van der Waals surface area contributed by atoms with Crippen molar-refractivity contribution >= 4 is 23.3 Å². The van der Waals surface area contributed by atoms with E-state index in [4.69, 9.17) is 16.0 Å². The predicted molar refractivity (Wildman–Crippen MR) is 87.6 cm³/mol. The molecule has 118 valence electrons. The molecule has 0 saturated heterocycles. The maximum Gasteiger partial charge on any atom is 0.320 e. The lowest BCUT2D eigenvalue weighted by atomic mass is 10.0. The minimum atomic E-state index is -0.471. The standard InChI is InChI=1S/C17H15ClFN3O/c1-11-4-2-3-5-12(11)6-9-16-21-22-17(23-16)20-13-7-8-15(19)14(18)10-13/h2-5,7-8,10H,6,9H2,1H3,(H,20,22). The van der Waals surface area contributed by atoms with Gasteiger partial charge in [0.2, 0.25) is 5.89 Å². The lowest BCUT2D eigenvalue weighted by Gasteiger charge is -2.03. The lowest BCUT2D eigenvalue weighted by molar-refractivity contribution is 0.507. The quantitative estimate of drug-likeness (QED) is 0.736. The summed E-state index contributed by atoms with van der Waals surface area (Å²) in [6.07, 6.45) is 1.49. The van der Waals surface area contributed by atoms with Crippen LogP contribution in [0.4, 0.5) is 16.1 Å². The van der Waals surface area contributed by atoms with Gasteiger partial charge in [0.25, 0.3) is 0 Å². The van der Waals surface area contributed by atoms with Crippen LogP contribution in [0.5, 0.6) is 0 Å². The normalized spacial score (nSPS) is 10.7. The van der Waals surface area contributed by atoms with Gasteiger partial charge in [-0.15, -0.1) is 5.10 Å². The van der Waals surface area contributed by atoms with E-state index in [0.717, 1.165) is 6.42 Å². The number of nitrogens with one attached hydrogen (secondary N) is 1. The van der Waals surface area contributed by atoms with E-state index in [1.807, 2.05) is 12.1 Å². The number of halogens is 2. The number of nitrogens with zero attached hydrogens (tertiary/aromatic N) is 2. The Hall–Kier alpha value is -2.40. The first kappa shape index (κ1) is 15.5. The van der Waals surface area contributed by atoms with Crippen LogP contribution >= 0.6 is 11.6 Å². The maximum absolute atomic E-state index is 13.1. The maximum atomic E-state index is 13.1. The van der Waals surface area contributed by atoms with Crippen LogP contribution in [-0.2, 0) is 12.8 Å². The molecule has 0 spiro atoms. The van der Waals surface area contributed by atoms with E-state index in [9.17, 15) is 4.39 Å². The van der Waals surface area contributed by atoms with Crippen molar-refractivity contribution in [1.29, 1.82) is 0 Å². The molecule has 0 bridgehead atoms. The molecular weight excluding hydrogens is 317 g/mol. The molecule has 0 atom stereocenters. The first-order valence-electron chi connectivity index (χ1n) is 7.21. The molecule has 2 aromatic carbocycles. The van der Waals surface area contributed by atoms with E-state index >= 15 is 0 Å². The van der Waals surface area contributed by atoms with Crippen LogP contribution in [0.3, 0.4) is 0 Å². The SMILES string of the molecule is Cc1ccccc1CCc1nnc(Nc2ccc(F)c(Cl)c2)o1. The monoisotopic (exact) mass is 331 g/mol. The predicted octanol–water partition coefficient (Wildman–Crippen LogP) is 4.70. The van der Waals surface area contributed by atoms with E-state index in [-0.39, 0.29) is 11.0 Å². The summed E-state index contributed by atoms with van der Waals surface area (Å²) in [6, 6.07) is 12.8. The number of hydrogen-bond donors (Lipinski definition) is 1. The van der Waals surface area contributed by atoms with Crippen molar-refractivity contribution in [3.05, 3.63) is 70.3 Å². The summed E-state index contributed by atoms with van der Waals surface area (Å²) < 4.78 is 18.7. The highest BCUT2D eigenvalue weighted by atomic mass is 35.5. The Balaban J connectivity index is 1.64. The topological polar surface area (TPSA) is 51.0 Å². The fourth-order valence-electron chi connectivity index (χ4n) is 2.23. The molecule has 23 heavy (non-hydrogen) atoms. The Kier molecular flexibility index (Phi) is 4.57. The molecule has 0 aliphatic heterocycles. The van der Waals surface area contributed by atoms with E-state index in [1.54, 1.807) is 6.07 Å². The fraction of sp³-hybridized carbons (Fsp3) is 0.176. The summed E-state index contributed by atoms with van der Waals surface area (Å²) in [5, 5.41) is 10.9. The average molecular weight is 332 g/mol. The number of rotatable bonds is 5. The van der Waals surface area contributed by atoms with E-state index in [0.29, 0.717) is 18.0 Å². The van der Waals surface area contributed by atoms with Gasteiger partial charge in [-0.1, -0.05) is 41.0 Å². The van der Waals surface area contributed by atoms with Crippen molar-refractivity contribution in [2.45, 2.75) is 19.8 Å². The first-order valence-corrected chi connectivity index (χ1v) is 7.58. The zero-order valence-corrected chi connectivity index (χ0v) is 13.3. The van der Waals surface area contributed by atoms with E-state index < -0.39 is 5.82 Å². The number of aromatic nitrogens is 2. The molecule has 0 saturated carbocycles. The number of hydrogen-bond acceptors (Lipinski definition) is 4. The largest absolute Gasteiger partial charge is 0.408 e. The highest BCUT2D eigenvalue weighted by Gasteiger charge is 2.08. The van der Waals surface area contributed by atoms with Crippen LogP contribution in [0.2, 0.25) is 5.02 Å². The van der Waals surface area contributed by atoms with Gasteiger partial charge in [-0.3, -0.25) is 0 Å². The third-order valence-corrected chi connectivity index (χ3v) is 3.80. The second-order valence-electron chi connectivity index (χ2n) is 5.18. The minimum absolute atomic E-state index is 0.0364. The molecule has 0 radical (unpaired) electrons. The molecule has 3 rings (SSSR count). The molecule has 0 aliphatic carbocycles. The zero-order valence-electron chi connectivity index (χ0n) is 12.5. The number of aryl methyl sites for hydroxylation is 3. The van der Waals surface area contributed by atoms with Crippen LogP contribution in [0, 0.1) is 12.7 Å². The molecule has 1 heterocycles. The van der Waals surface area contributed by atoms with Gasteiger partial charge in [0.15, 0.2) is 0 Å². The van der Waals surface area contributed by atoms with Crippen LogP contribution in [0.15, 0.2) is 46.9 Å². The van der Waals surface area contributed by atoms with Gasteiger partial charge in [0, 0.05) is 12.1 Å². The smallest absolute Gasteiger partial charge is 0.320 e. The van der Waals surface area contributed by atoms with Crippen molar-refractivity contribution in [2.24, 2.45) is 0 Å². The summed E-state index contributed by atoms with van der Waals surface area (Å²) in [5.74, 6) is 0.0747. The van der Waals surface area contributed by atoms with Gasteiger partial charge in [0.1, 0.15) is 5.82 Å². The number of anilines is 2. The summed E-state index contributed by atoms with van der Waals surface area (Å²) >= 11 is 5.74. The van der Waals surface area contributed by atoms with Crippen molar-refractivity contribution in [3.8, 4) is 0 Å². The molecule has 0 amide bonds. The van der Waals surface area contributed by atoms with Crippen molar-refractivity contribution in [2.75, 3.05) is 5.32 Å². The molecule has 1 aromatic heterocycles. The van der Waals surface area contributed by atoms with Gasteiger partial charge < -0.3 is 9.73 Å². The van der Waals surface area contributed by atoms with Crippen LogP contribution in [0.25, 0.3) is 0 Å². The van der Waals surface area contributed by atoms with Crippen molar-refractivity contribution in [3.63, 3.8) is 0 Å². The molecule has 3 aromatic rings. The second kappa shape index (κ2) is 6.79. The fourth-order valence-corrected chi connectivity index (χ4v) is 2.42. The van der Waals surface area contributed by atoms with Gasteiger partial charge >= 0.3 is 6.01 Å². The van der Waals surface area contributed by atoms with Crippen molar-refractivity contribution in [1.82, 2.24) is 10.2 Å².